The van der Waals surface area contributed by atoms with Gasteiger partial charge in [0, 0.05) is 30.7 Å². The van der Waals surface area contributed by atoms with Crippen molar-refractivity contribution in [1.29, 1.82) is 0 Å². The number of aliphatic imine (C=N–C) groups is 1. The number of hydrogen-bond acceptors (Lipinski definition) is 4. The van der Waals surface area contributed by atoms with Crippen molar-refractivity contribution in [2.45, 2.75) is 20.5 Å². The van der Waals surface area contributed by atoms with Gasteiger partial charge in [-0.1, -0.05) is 43.8 Å². The SMILES string of the molecule is COCc1ccccc1NC1=NCC(C)(C)CS1. The largest absolute Gasteiger partial charge is 0.380 e. The predicted octanol–water partition coefficient (Wildman–Crippen LogP) is 3.37. The third-order valence-corrected chi connectivity index (χ3v) is 4.24. The number of nitrogens with one attached hydrogen (secondary N) is 1. The lowest BCUT2D eigenvalue weighted by Crippen LogP contribution is -2.27. The molecule has 0 unspecified atom stereocenters. The van der Waals surface area contributed by atoms with Crippen LogP contribution in [0.3, 0.4) is 0 Å². The molecule has 0 saturated carbocycles. The molecule has 1 aromatic rings. The van der Waals surface area contributed by atoms with Gasteiger partial charge in [0.05, 0.1) is 6.61 Å². The average Bonchev–Trinajstić information content (AvgIpc) is 2.35. The summed E-state index contributed by atoms with van der Waals surface area (Å²) in [7, 11) is 1.71. The highest BCUT2D eigenvalue weighted by atomic mass is 32.2. The highest BCUT2D eigenvalue weighted by molar-refractivity contribution is 8.14. The van der Waals surface area contributed by atoms with Crippen LogP contribution in [0.15, 0.2) is 29.3 Å². The normalized spacial score (nSPS) is 18.3. The van der Waals surface area contributed by atoms with Crippen LogP contribution in [0.5, 0.6) is 0 Å². The number of hydrogen-bond donors (Lipinski definition) is 1. The lowest BCUT2D eigenvalue weighted by atomic mass is 9.97. The summed E-state index contributed by atoms with van der Waals surface area (Å²) < 4.78 is 5.20. The Morgan fingerprint density at radius 2 is 2.17 bits per heavy atom. The lowest BCUT2D eigenvalue weighted by molar-refractivity contribution is 0.185. The summed E-state index contributed by atoms with van der Waals surface area (Å²) in [5.74, 6) is 1.10. The number of ether oxygens (including phenoxy) is 1. The Morgan fingerprint density at radius 1 is 1.39 bits per heavy atom. The van der Waals surface area contributed by atoms with E-state index in [1.807, 2.05) is 12.1 Å². The van der Waals surface area contributed by atoms with Gasteiger partial charge in [-0.3, -0.25) is 4.99 Å². The first-order chi connectivity index (χ1) is 8.61. The minimum Gasteiger partial charge on any atom is -0.380 e. The van der Waals surface area contributed by atoms with Crippen LogP contribution in [-0.2, 0) is 11.3 Å². The van der Waals surface area contributed by atoms with Gasteiger partial charge in [-0.25, -0.2) is 0 Å². The molecule has 0 amide bonds. The Morgan fingerprint density at radius 3 is 2.83 bits per heavy atom. The standard InChI is InChI=1S/C14H20N2OS/c1-14(2)9-15-13(18-10-14)16-12-7-5-4-6-11(12)8-17-3/h4-7H,8-10H2,1-3H3,(H,15,16). The summed E-state index contributed by atoms with van der Waals surface area (Å²) in [6, 6.07) is 8.19. The molecule has 0 atom stereocenters. The molecule has 0 bridgehead atoms. The van der Waals surface area contributed by atoms with Crippen molar-refractivity contribution < 1.29 is 4.74 Å². The van der Waals surface area contributed by atoms with Crippen LogP contribution < -0.4 is 5.32 Å². The van der Waals surface area contributed by atoms with Crippen molar-refractivity contribution in [3.05, 3.63) is 29.8 Å². The Kier molecular flexibility index (Phi) is 4.30. The van der Waals surface area contributed by atoms with Crippen LogP contribution in [0.1, 0.15) is 19.4 Å². The molecule has 0 radical (unpaired) electrons. The highest BCUT2D eigenvalue weighted by Gasteiger charge is 2.23. The Hall–Kier alpha value is -1.000. The molecule has 0 aromatic heterocycles. The lowest BCUT2D eigenvalue weighted by Gasteiger charge is -2.27. The molecule has 4 heteroatoms. The zero-order valence-corrected chi connectivity index (χ0v) is 12.0. The highest BCUT2D eigenvalue weighted by Crippen LogP contribution is 2.29. The monoisotopic (exact) mass is 264 g/mol. The van der Waals surface area contributed by atoms with Crippen LogP contribution in [0.2, 0.25) is 0 Å². The molecule has 1 aliphatic heterocycles. The summed E-state index contributed by atoms with van der Waals surface area (Å²) in [5, 5.41) is 4.42. The van der Waals surface area contributed by atoms with E-state index in [2.05, 4.69) is 36.3 Å². The Bertz CT molecular complexity index is 443. The molecule has 0 fully saturated rings. The molecule has 1 aliphatic rings. The number of para-hydroxylation sites is 1. The summed E-state index contributed by atoms with van der Waals surface area (Å²) in [5.41, 5.74) is 2.56. The fourth-order valence-corrected chi connectivity index (χ4v) is 2.71. The van der Waals surface area contributed by atoms with E-state index in [1.54, 1.807) is 18.9 Å². The van der Waals surface area contributed by atoms with E-state index < -0.39 is 0 Å². The molecule has 98 valence electrons. The van der Waals surface area contributed by atoms with E-state index >= 15 is 0 Å². The Labute approximate surface area is 113 Å². The maximum absolute atomic E-state index is 5.20. The van der Waals surface area contributed by atoms with Crippen LogP contribution in [0.25, 0.3) is 0 Å². The van der Waals surface area contributed by atoms with E-state index in [-0.39, 0.29) is 0 Å². The van der Waals surface area contributed by atoms with Gasteiger partial charge in [0.25, 0.3) is 0 Å². The first kappa shape index (κ1) is 13.4. The molecule has 0 spiro atoms. The molecular formula is C14H20N2OS. The van der Waals surface area contributed by atoms with Crippen molar-refractivity contribution in [3.63, 3.8) is 0 Å². The maximum Gasteiger partial charge on any atom is 0.161 e. The zero-order chi connectivity index (χ0) is 13.0. The summed E-state index contributed by atoms with van der Waals surface area (Å²) >= 11 is 1.79. The van der Waals surface area contributed by atoms with Crippen molar-refractivity contribution >= 4 is 22.6 Å². The number of anilines is 1. The van der Waals surface area contributed by atoms with Crippen molar-refractivity contribution in [2.24, 2.45) is 10.4 Å². The second kappa shape index (κ2) is 5.76. The second-order valence-corrected chi connectivity index (χ2v) is 6.25. The van der Waals surface area contributed by atoms with Gasteiger partial charge < -0.3 is 10.1 Å². The third-order valence-electron chi connectivity index (χ3n) is 2.81. The zero-order valence-electron chi connectivity index (χ0n) is 11.2. The number of benzene rings is 1. The van der Waals surface area contributed by atoms with Crippen molar-refractivity contribution in [2.75, 3.05) is 24.7 Å². The van der Waals surface area contributed by atoms with Gasteiger partial charge >= 0.3 is 0 Å². The van der Waals surface area contributed by atoms with Gasteiger partial charge in [0.2, 0.25) is 0 Å². The fourth-order valence-electron chi connectivity index (χ4n) is 1.76. The van der Waals surface area contributed by atoms with Gasteiger partial charge in [-0.15, -0.1) is 0 Å². The first-order valence-corrected chi connectivity index (χ1v) is 7.10. The number of thioether (sulfide) groups is 1. The molecular weight excluding hydrogens is 244 g/mol. The molecule has 2 rings (SSSR count). The predicted molar refractivity (Wildman–Crippen MR) is 79.3 cm³/mol. The van der Waals surface area contributed by atoms with Crippen LogP contribution in [-0.4, -0.2) is 24.6 Å². The maximum atomic E-state index is 5.20. The fraction of sp³-hybridized carbons (Fsp3) is 0.500. The summed E-state index contributed by atoms with van der Waals surface area (Å²) in [6.45, 7) is 6.00. The minimum absolute atomic E-state index is 0.307. The van der Waals surface area contributed by atoms with E-state index in [0.29, 0.717) is 12.0 Å². The molecule has 18 heavy (non-hydrogen) atoms. The van der Waals surface area contributed by atoms with Crippen molar-refractivity contribution in [1.82, 2.24) is 0 Å². The number of nitrogens with zero attached hydrogens (tertiary/aromatic N) is 1. The van der Waals surface area contributed by atoms with E-state index in [4.69, 9.17) is 4.74 Å². The molecule has 0 saturated heterocycles. The number of rotatable bonds is 3. The van der Waals surface area contributed by atoms with Gasteiger partial charge in [0.15, 0.2) is 5.17 Å². The summed E-state index contributed by atoms with van der Waals surface area (Å²) in [6.07, 6.45) is 0. The Balaban J connectivity index is 2.08. The average molecular weight is 264 g/mol. The topological polar surface area (TPSA) is 33.6 Å². The van der Waals surface area contributed by atoms with Crippen molar-refractivity contribution in [3.8, 4) is 0 Å². The molecule has 1 heterocycles. The molecule has 1 N–H and O–H groups in total. The third kappa shape index (κ3) is 3.50. The minimum atomic E-state index is 0.307. The number of amidine groups is 1. The van der Waals surface area contributed by atoms with Gasteiger partial charge in [-0.05, 0) is 11.5 Å². The number of methoxy groups -OCH3 is 1. The smallest absolute Gasteiger partial charge is 0.161 e. The van der Waals surface area contributed by atoms with Crippen LogP contribution >= 0.6 is 11.8 Å². The van der Waals surface area contributed by atoms with Crippen LogP contribution in [0.4, 0.5) is 5.69 Å². The van der Waals surface area contributed by atoms with E-state index in [9.17, 15) is 0 Å². The first-order valence-electron chi connectivity index (χ1n) is 6.12. The summed E-state index contributed by atoms with van der Waals surface area (Å²) in [4.78, 5) is 4.61. The molecule has 1 aromatic carbocycles. The molecule has 0 aliphatic carbocycles. The van der Waals surface area contributed by atoms with Gasteiger partial charge in [0.1, 0.15) is 0 Å². The second-order valence-electron chi connectivity index (χ2n) is 5.29. The van der Waals surface area contributed by atoms with E-state index in [1.165, 1.54) is 0 Å². The van der Waals surface area contributed by atoms with Gasteiger partial charge in [-0.2, -0.15) is 0 Å². The van der Waals surface area contributed by atoms with E-state index in [0.717, 1.165) is 28.7 Å². The molecule has 3 nitrogen and oxygen atoms in total. The van der Waals surface area contributed by atoms with Crippen LogP contribution in [0, 0.1) is 5.41 Å². The quantitative estimate of drug-likeness (QED) is 0.908.